The third kappa shape index (κ3) is 4.90. The van der Waals surface area contributed by atoms with Crippen LogP contribution in [0.5, 0.6) is 0 Å². The standard InChI is InChI=1S/C16H19BrN4O3/c1-21(10-15(22)18-7-8-24-2)16(23)14-9-13(19-20-14)11-3-5-12(17)6-4-11/h3-6,9H,7-8,10H2,1-2H3,(H,18,22)(H,19,20). The number of aromatic amines is 1. The monoisotopic (exact) mass is 394 g/mol. The van der Waals surface area contributed by atoms with E-state index in [-0.39, 0.29) is 18.4 Å². The molecule has 1 aromatic carbocycles. The number of likely N-dealkylation sites (N-methyl/N-ethyl adjacent to an activating group) is 1. The number of rotatable bonds is 7. The summed E-state index contributed by atoms with van der Waals surface area (Å²) in [4.78, 5) is 25.4. The number of carbonyl (C=O) groups excluding carboxylic acids is 2. The van der Waals surface area contributed by atoms with Gasteiger partial charge in [-0.25, -0.2) is 0 Å². The maximum absolute atomic E-state index is 12.4. The van der Waals surface area contributed by atoms with E-state index >= 15 is 0 Å². The van der Waals surface area contributed by atoms with Crippen molar-refractivity contribution in [1.82, 2.24) is 20.4 Å². The van der Waals surface area contributed by atoms with Crippen molar-refractivity contribution in [3.63, 3.8) is 0 Å². The minimum Gasteiger partial charge on any atom is -0.383 e. The third-order valence-corrected chi connectivity index (χ3v) is 3.83. The van der Waals surface area contributed by atoms with Crippen molar-refractivity contribution in [2.75, 3.05) is 33.9 Å². The zero-order valence-corrected chi connectivity index (χ0v) is 15.1. The van der Waals surface area contributed by atoms with E-state index in [2.05, 4.69) is 31.4 Å². The summed E-state index contributed by atoms with van der Waals surface area (Å²) in [6.07, 6.45) is 0. The summed E-state index contributed by atoms with van der Waals surface area (Å²) in [6, 6.07) is 9.29. The van der Waals surface area contributed by atoms with Gasteiger partial charge < -0.3 is 15.0 Å². The lowest BCUT2D eigenvalue weighted by Gasteiger charge is -2.15. The summed E-state index contributed by atoms with van der Waals surface area (Å²) >= 11 is 3.38. The normalized spacial score (nSPS) is 10.5. The number of carbonyl (C=O) groups is 2. The molecule has 0 fully saturated rings. The zero-order chi connectivity index (χ0) is 17.5. The molecule has 7 nitrogen and oxygen atoms in total. The predicted molar refractivity (Wildman–Crippen MR) is 93.6 cm³/mol. The first-order chi connectivity index (χ1) is 11.5. The van der Waals surface area contributed by atoms with Crippen LogP contribution in [0.2, 0.25) is 0 Å². The first-order valence-corrected chi connectivity index (χ1v) is 8.13. The number of amides is 2. The largest absolute Gasteiger partial charge is 0.383 e. The Balaban J connectivity index is 1.97. The fourth-order valence-electron chi connectivity index (χ4n) is 2.04. The number of methoxy groups -OCH3 is 1. The first-order valence-electron chi connectivity index (χ1n) is 7.33. The van der Waals surface area contributed by atoms with Crippen LogP contribution in [0.3, 0.4) is 0 Å². The molecule has 8 heteroatoms. The molecule has 0 saturated carbocycles. The lowest BCUT2D eigenvalue weighted by molar-refractivity contribution is -0.121. The molecule has 0 aliphatic carbocycles. The third-order valence-electron chi connectivity index (χ3n) is 3.30. The number of hydrogen-bond donors (Lipinski definition) is 2. The van der Waals surface area contributed by atoms with Gasteiger partial charge in [-0.2, -0.15) is 5.10 Å². The molecule has 0 bridgehead atoms. The number of nitrogens with zero attached hydrogens (tertiary/aromatic N) is 2. The predicted octanol–water partition coefficient (Wildman–Crippen LogP) is 1.67. The number of ether oxygens (including phenoxy) is 1. The molecule has 0 aliphatic heterocycles. The molecule has 0 unspecified atom stereocenters. The summed E-state index contributed by atoms with van der Waals surface area (Å²) in [5.41, 5.74) is 1.90. The Morgan fingerprint density at radius 1 is 1.33 bits per heavy atom. The van der Waals surface area contributed by atoms with Gasteiger partial charge in [-0.05, 0) is 18.2 Å². The molecule has 1 aromatic heterocycles. The molecule has 2 rings (SSSR count). The molecule has 0 saturated heterocycles. The molecule has 0 atom stereocenters. The molecule has 0 radical (unpaired) electrons. The van der Waals surface area contributed by atoms with E-state index in [0.29, 0.717) is 24.5 Å². The molecule has 2 N–H and O–H groups in total. The van der Waals surface area contributed by atoms with Gasteiger partial charge in [0.1, 0.15) is 5.69 Å². The molecule has 0 aliphatic rings. The second kappa shape index (κ2) is 8.60. The number of aromatic nitrogens is 2. The molecular formula is C16H19BrN4O3. The van der Waals surface area contributed by atoms with Crippen LogP contribution in [0.25, 0.3) is 11.3 Å². The maximum atomic E-state index is 12.4. The second-order valence-electron chi connectivity index (χ2n) is 5.18. The molecule has 1 heterocycles. The average Bonchev–Trinajstić information content (AvgIpc) is 3.05. The molecule has 24 heavy (non-hydrogen) atoms. The van der Waals surface area contributed by atoms with Gasteiger partial charge in [0.2, 0.25) is 5.91 Å². The van der Waals surface area contributed by atoms with E-state index < -0.39 is 0 Å². The van der Waals surface area contributed by atoms with Crippen LogP contribution in [0, 0.1) is 0 Å². The molecule has 2 aromatic rings. The first kappa shape index (κ1) is 18.2. The highest BCUT2D eigenvalue weighted by molar-refractivity contribution is 9.10. The van der Waals surface area contributed by atoms with Gasteiger partial charge in [0.15, 0.2) is 0 Å². The van der Waals surface area contributed by atoms with Crippen LogP contribution in [-0.2, 0) is 9.53 Å². The van der Waals surface area contributed by atoms with E-state index in [1.165, 1.54) is 4.90 Å². The van der Waals surface area contributed by atoms with Crippen LogP contribution in [-0.4, -0.2) is 60.8 Å². The Kier molecular flexibility index (Phi) is 6.51. The minimum atomic E-state index is -0.298. The smallest absolute Gasteiger partial charge is 0.272 e. The Labute approximate surface area is 148 Å². The molecule has 128 valence electrons. The van der Waals surface area contributed by atoms with E-state index in [9.17, 15) is 9.59 Å². The summed E-state index contributed by atoms with van der Waals surface area (Å²) in [5.74, 6) is -0.539. The van der Waals surface area contributed by atoms with Crippen molar-refractivity contribution < 1.29 is 14.3 Å². The van der Waals surface area contributed by atoms with Crippen molar-refractivity contribution in [3.8, 4) is 11.3 Å². The summed E-state index contributed by atoms with van der Waals surface area (Å²) < 4.78 is 5.82. The van der Waals surface area contributed by atoms with Gasteiger partial charge >= 0.3 is 0 Å². The molecule has 2 amide bonds. The topological polar surface area (TPSA) is 87.3 Å². The van der Waals surface area contributed by atoms with E-state index in [1.807, 2.05) is 24.3 Å². The second-order valence-corrected chi connectivity index (χ2v) is 6.09. The zero-order valence-electron chi connectivity index (χ0n) is 13.5. The van der Waals surface area contributed by atoms with Gasteiger partial charge in [0.25, 0.3) is 5.91 Å². The highest BCUT2D eigenvalue weighted by Gasteiger charge is 2.17. The fourth-order valence-corrected chi connectivity index (χ4v) is 2.31. The highest BCUT2D eigenvalue weighted by atomic mass is 79.9. The Morgan fingerprint density at radius 3 is 2.71 bits per heavy atom. The Morgan fingerprint density at radius 2 is 2.04 bits per heavy atom. The fraction of sp³-hybridized carbons (Fsp3) is 0.312. The maximum Gasteiger partial charge on any atom is 0.272 e. The van der Waals surface area contributed by atoms with Crippen molar-refractivity contribution in [2.24, 2.45) is 0 Å². The minimum absolute atomic E-state index is 0.0326. The van der Waals surface area contributed by atoms with Crippen LogP contribution in [0.4, 0.5) is 0 Å². The Hall–Kier alpha value is -2.19. The van der Waals surface area contributed by atoms with Crippen LogP contribution < -0.4 is 5.32 Å². The number of halogens is 1. The average molecular weight is 395 g/mol. The Bertz CT molecular complexity index is 700. The van der Waals surface area contributed by atoms with Crippen LogP contribution >= 0.6 is 15.9 Å². The van der Waals surface area contributed by atoms with Gasteiger partial charge in [-0.15, -0.1) is 0 Å². The van der Waals surface area contributed by atoms with E-state index in [4.69, 9.17) is 4.74 Å². The summed E-state index contributed by atoms with van der Waals surface area (Å²) in [6.45, 7) is 0.810. The quantitative estimate of drug-likeness (QED) is 0.699. The highest BCUT2D eigenvalue weighted by Crippen LogP contribution is 2.20. The van der Waals surface area contributed by atoms with Crippen LogP contribution in [0.1, 0.15) is 10.5 Å². The lowest BCUT2D eigenvalue weighted by Crippen LogP contribution is -2.39. The number of nitrogens with one attached hydrogen (secondary N) is 2. The molecular weight excluding hydrogens is 376 g/mol. The number of benzene rings is 1. The summed E-state index contributed by atoms with van der Waals surface area (Å²) in [5, 5.41) is 9.54. The number of H-pyrrole nitrogens is 1. The van der Waals surface area contributed by atoms with E-state index in [1.54, 1.807) is 20.2 Å². The summed E-state index contributed by atoms with van der Waals surface area (Å²) in [7, 11) is 3.13. The van der Waals surface area contributed by atoms with Gasteiger partial charge in [-0.1, -0.05) is 28.1 Å². The number of hydrogen-bond acceptors (Lipinski definition) is 4. The lowest BCUT2D eigenvalue weighted by atomic mass is 10.1. The van der Waals surface area contributed by atoms with Crippen LogP contribution in [0.15, 0.2) is 34.8 Å². The van der Waals surface area contributed by atoms with Crippen molar-refractivity contribution >= 4 is 27.7 Å². The van der Waals surface area contributed by atoms with Crippen molar-refractivity contribution in [3.05, 3.63) is 40.5 Å². The van der Waals surface area contributed by atoms with Crippen molar-refractivity contribution in [1.29, 1.82) is 0 Å². The molecule has 0 spiro atoms. The van der Waals surface area contributed by atoms with E-state index in [0.717, 1.165) is 10.0 Å². The van der Waals surface area contributed by atoms with Gasteiger partial charge in [-0.3, -0.25) is 14.7 Å². The SMILES string of the molecule is COCCNC(=O)CN(C)C(=O)c1cc(-c2ccc(Br)cc2)n[nH]1. The van der Waals surface area contributed by atoms with Crippen molar-refractivity contribution in [2.45, 2.75) is 0 Å². The van der Waals surface area contributed by atoms with Gasteiger partial charge in [0, 0.05) is 30.7 Å². The van der Waals surface area contributed by atoms with Gasteiger partial charge in [0.05, 0.1) is 18.8 Å².